The molecule has 8 heteroatoms. The van der Waals surface area contributed by atoms with Gasteiger partial charge in [-0.1, -0.05) is 6.07 Å². The summed E-state index contributed by atoms with van der Waals surface area (Å²) >= 11 is 0. The molecule has 1 aliphatic heterocycles. The van der Waals surface area contributed by atoms with E-state index in [1.807, 2.05) is 25.1 Å². The Bertz CT molecular complexity index is 980. The summed E-state index contributed by atoms with van der Waals surface area (Å²) in [6, 6.07) is 10.0. The third kappa shape index (κ3) is 4.57. The summed E-state index contributed by atoms with van der Waals surface area (Å²) in [6.07, 6.45) is -2.17. The molecule has 2 amide bonds. The van der Waals surface area contributed by atoms with Gasteiger partial charge < -0.3 is 10.2 Å². The zero-order valence-electron chi connectivity index (χ0n) is 17.2. The lowest BCUT2D eigenvalue weighted by Crippen LogP contribution is -2.40. The zero-order chi connectivity index (χ0) is 22.2. The van der Waals surface area contributed by atoms with Crippen molar-refractivity contribution in [1.29, 1.82) is 0 Å². The highest BCUT2D eigenvalue weighted by molar-refractivity contribution is 5.94. The van der Waals surface area contributed by atoms with Crippen molar-refractivity contribution < 1.29 is 22.8 Å². The van der Waals surface area contributed by atoms with Crippen LogP contribution in [0.15, 0.2) is 42.5 Å². The van der Waals surface area contributed by atoms with Crippen LogP contribution in [0.2, 0.25) is 0 Å². The average Bonchev–Trinajstić information content (AvgIpc) is 3.45. The number of halogens is 3. The van der Waals surface area contributed by atoms with E-state index < -0.39 is 11.7 Å². The summed E-state index contributed by atoms with van der Waals surface area (Å²) in [7, 11) is 0. The number of amides is 2. The Balaban J connectivity index is 1.28. The summed E-state index contributed by atoms with van der Waals surface area (Å²) in [4.78, 5) is 31.3. The van der Waals surface area contributed by atoms with E-state index in [-0.39, 0.29) is 28.7 Å². The molecule has 1 saturated carbocycles. The fourth-order valence-electron chi connectivity index (χ4n) is 4.41. The first-order chi connectivity index (χ1) is 14.7. The lowest BCUT2D eigenvalue weighted by molar-refractivity contribution is -0.137. The van der Waals surface area contributed by atoms with Gasteiger partial charge in [0.1, 0.15) is 0 Å². The number of carbonyl (C=O) groups is 2. The van der Waals surface area contributed by atoms with Gasteiger partial charge in [-0.3, -0.25) is 14.6 Å². The fourth-order valence-corrected chi connectivity index (χ4v) is 4.41. The molecular weight excluding hydrogens is 407 g/mol. The van der Waals surface area contributed by atoms with Crippen LogP contribution >= 0.6 is 0 Å². The molecule has 1 aromatic heterocycles. The smallest absolute Gasteiger partial charge is 0.350 e. The number of piperidine rings is 1. The molecule has 4 rings (SSSR count). The van der Waals surface area contributed by atoms with Crippen LogP contribution in [-0.4, -0.2) is 34.8 Å². The number of aryl methyl sites for hydroxylation is 1. The largest absolute Gasteiger partial charge is 0.416 e. The maximum atomic E-state index is 12.7. The van der Waals surface area contributed by atoms with Gasteiger partial charge in [0.2, 0.25) is 5.91 Å². The first-order valence-electron chi connectivity index (χ1n) is 10.3. The van der Waals surface area contributed by atoms with Gasteiger partial charge in [0, 0.05) is 30.3 Å². The van der Waals surface area contributed by atoms with Crippen molar-refractivity contribution in [1.82, 2.24) is 15.2 Å². The number of carbonyl (C=O) groups excluding carboxylic acids is 2. The number of alkyl halides is 3. The van der Waals surface area contributed by atoms with Crippen LogP contribution < -0.4 is 5.32 Å². The lowest BCUT2D eigenvalue weighted by atomic mass is 9.90. The number of nitrogens with zero attached hydrogens (tertiary/aromatic N) is 2. The van der Waals surface area contributed by atoms with Crippen LogP contribution in [0.25, 0.3) is 0 Å². The minimum atomic E-state index is -4.42. The van der Waals surface area contributed by atoms with E-state index in [0.717, 1.165) is 42.8 Å². The first kappa shape index (κ1) is 21.3. The lowest BCUT2D eigenvalue weighted by Gasteiger charge is -2.33. The van der Waals surface area contributed by atoms with Crippen molar-refractivity contribution in [3.8, 4) is 0 Å². The Morgan fingerprint density at radius 3 is 2.42 bits per heavy atom. The molecule has 2 aromatic rings. The summed E-state index contributed by atoms with van der Waals surface area (Å²) in [5.74, 6) is -0.304. The zero-order valence-corrected chi connectivity index (χ0v) is 17.2. The topological polar surface area (TPSA) is 62.3 Å². The number of nitrogens with one attached hydrogen (secondary N) is 1. The highest BCUT2D eigenvalue weighted by Crippen LogP contribution is 2.59. The Kier molecular flexibility index (Phi) is 5.49. The minimum absolute atomic E-state index is 0.0193. The molecule has 1 aliphatic carbocycles. The minimum Gasteiger partial charge on any atom is -0.350 e. The Morgan fingerprint density at radius 2 is 1.81 bits per heavy atom. The predicted octanol–water partition coefficient (Wildman–Crippen LogP) is 3.97. The summed E-state index contributed by atoms with van der Waals surface area (Å²) in [5.41, 5.74) is 1.13. The second kappa shape index (κ2) is 7.98. The van der Waals surface area contributed by atoms with E-state index in [9.17, 15) is 22.8 Å². The maximum absolute atomic E-state index is 12.7. The molecule has 1 aromatic carbocycles. The second-order valence-electron chi connectivity index (χ2n) is 8.47. The van der Waals surface area contributed by atoms with Crippen LogP contribution in [0.3, 0.4) is 0 Å². The van der Waals surface area contributed by atoms with E-state index in [1.54, 1.807) is 4.90 Å². The third-order valence-electron chi connectivity index (χ3n) is 6.40. The van der Waals surface area contributed by atoms with Gasteiger partial charge in [-0.05, 0) is 68.0 Å². The molecule has 1 spiro atoms. The summed E-state index contributed by atoms with van der Waals surface area (Å²) < 4.78 is 38.1. The highest BCUT2D eigenvalue weighted by Gasteiger charge is 2.58. The van der Waals surface area contributed by atoms with E-state index in [4.69, 9.17) is 0 Å². The number of pyridine rings is 1. The number of benzene rings is 1. The van der Waals surface area contributed by atoms with Crippen molar-refractivity contribution in [2.24, 2.45) is 11.3 Å². The van der Waals surface area contributed by atoms with Crippen molar-refractivity contribution in [3.05, 3.63) is 65.0 Å². The SMILES string of the molecule is Cc1cccc(CNC(=O)[C@H]2CC23CCN(C(=O)c2ccc(C(F)(F)F)cc2)CC3)n1. The van der Waals surface area contributed by atoms with Gasteiger partial charge in [-0.2, -0.15) is 13.2 Å². The number of likely N-dealkylation sites (tertiary alicyclic amines) is 1. The van der Waals surface area contributed by atoms with Crippen molar-refractivity contribution >= 4 is 11.8 Å². The molecular formula is C23H24F3N3O2. The van der Waals surface area contributed by atoms with Crippen molar-refractivity contribution in [2.75, 3.05) is 13.1 Å². The van der Waals surface area contributed by atoms with Crippen LogP contribution in [-0.2, 0) is 17.5 Å². The van der Waals surface area contributed by atoms with Crippen LogP contribution in [0.4, 0.5) is 13.2 Å². The predicted molar refractivity (Wildman–Crippen MR) is 108 cm³/mol. The molecule has 2 fully saturated rings. The molecule has 31 heavy (non-hydrogen) atoms. The monoisotopic (exact) mass is 431 g/mol. The fraction of sp³-hybridized carbons (Fsp3) is 0.435. The molecule has 1 N–H and O–H groups in total. The summed E-state index contributed by atoms with van der Waals surface area (Å²) in [6.45, 7) is 3.30. The number of hydrogen-bond donors (Lipinski definition) is 1. The molecule has 0 radical (unpaired) electrons. The quantitative estimate of drug-likeness (QED) is 0.797. The molecule has 0 unspecified atom stereocenters. The molecule has 1 saturated heterocycles. The Morgan fingerprint density at radius 1 is 1.13 bits per heavy atom. The average molecular weight is 431 g/mol. The van der Waals surface area contributed by atoms with Gasteiger partial charge in [0.15, 0.2) is 0 Å². The molecule has 164 valence electrons. The molecule has 2 heterocycles. The Hall–Kier alpha value is -2.90. The third-order valence-corrected chi connectivity index (χ3v) is 6.40. The van der Waals surface area contributed by atoms with Crippen LogP contribution in [0.5, 0.6) is 0 Å². The van der Waals surface area contributed by atoms with Gasteiger partial charge >= 0.3 is 6.18 Å². The van der Waals surface area contributed by atoms with E-state index in [0.29, 0.717) is 19.6 Å². The van der Waals surface area contributed by atoms with Gasteiger partial charge in [-0.15, -0.1) is 0 Å². The number of rotatable bonds is 4. The van der Waals surface area contributed by atoms with Crippen molar-refractivity contribution in [3.63, 3.8) is 0 Å². The van der Waals surface area contributed by atoms with E-state index >= 15 is 0 Å². The van der Waals surface area contributed by atoms with Gasteiger partial charge in [-0.25, -0.2) is 0 Å². The first-order valence-corrected chi connectivity index (χ1v) is 10.3. The normalized spacial score (nSPS) is 19.9. The standard InChI is InChI=1S/C23H24F3N3O2/c1-15-3-2-4-18(28-15)14-27-20(30)19-13-22(19)9-11-29(12-10-22)21(31)16-5-7-17(8-6-16)23(24,25)26/h2-8,19H,9-14H2,1H3,(H,27,30)/t19-/m1/s1. The number of aromatic nitrogens is 1. The second-order valence-corrected chi connectivity index (χ2v) is 8.47. The van der Waals surface area contributed by atoms with Gasteiger partial charge in [0.05, 0.1) is 17.8 Å². The molecule has 5 nitrogen and oxygen atoms in total. The maximum Gasteiger partial charge on any atom is 0.416 e. The van der Waals surface area contributed by atoms with Crippen LogP contribution in [0, 0.1) is 18.3 Å². The van der Waals surface area contributed by atoms with Gasteiger partial charge in [0.25, 0.3) is 5.91 Å². The van der Waals surface area contributed by atoms with E-state index in [1.165, 1.54) is 12.1 Å². The number of hydrogen-bond acceptors (Lipinski definition) is 3. The van der Waals surface area contributed by atoms with E-state index in [2.05, 4.69) is 10.3 Å². The highest BCUT2D eigenvalue weighted by atomic mass is 19.4. The molecule has 1 atom stereocenters. The Labute approximate surface area is 178 Å². The molecule has 2 aliphatic rings. The van der Waals surface area contributed by atoms with Crippen molar-refractivity contribution in [2.45, 2.75) is 38.9 Å². The summed E-state index contributed by atoms with van der Waals surface area (Å²) in [5, 5.41) is 2.96. The molecule has 0 bridgehead atoms. The van der Waals surface area contributed by atoms with Crippen LogP contribution in [0.1, 0.15) is 46.6 Å².